The number of hydrogen-bond donors (Lipinski definition) is 1. The summed E-state index contributed by atoms with van der Waals surface area (Å²) in [6.45, 7) is 4.56. The van der Waals surface area contributed by atoms with Crippen molar-refractivity contribution < 1.29 is 4.74 Å². The third-order valence-corrected chi connectivity index (χ3v) is 2.42. The van der Waals surface area contributed by atoms with Crippen molar-refractivity contribution in [2.75, 3.05) is 6.61 Å². The van der Waals surface area contributed by atoms with E-state index in [0.717, 1.165) is 23.3 Å². The molecule has 0 aliphatic rings. The van der Waals surface area contributed by atoms with Crippen LogP contribution in [0.3, 0.4) is 0 Å². The highest BCUT2D eigenvalue weighted by Crippen LogP contribution is 2.21. The molecule has 3 nitrogen and oxygen atoms in total. The van der Waals surface area contributed by atoms with Crippen molar-refractivity contribution >= 4 is 0 Å². The number of nitrogens with two attached hydrogens (primary N) is 1. The molecule has 0 spiro atoms. The van der Waals surface area contributed by atoms with Gasteiger partial charge in [-0.1, -0.05) is 12.1 Å². The molecule has 0 aromatic heterocycles. The summed E-state index contributed by atoms with van der Waals surface area (Å²) in [5.41, 5.74) is 8.00. The Kier molecular flexibility index (Phi) is 4.81. The van der Waals surface area contributed by atoms with Crippen molar-refractivity contribution in [3.8, 4) is 11.8 Å². The van der Waals surface area contributed by atoms with Crippen LogP contribution in [-0.2, 0) is 0 Å². The normalized spacial score (nSPS) is 11.9. The summed E-state index contributed by atoms with van der Waals surface area (Å²) in [5.74, 6) is 0.877. The van der Waals surface area contributed by atoms with Gasteiger partial charge in [0, 0.05) is 12.5 Å². The van der Waals surface area contributed by atoms with Gasteiger partial charge in [0.2, 0.25) is 0 Å². The van der Waals surface area contributed by atoms with Gasteiger partial charge < -0.3 is 10.5 Å². The number of rotatable bonds is 5. The largest absolute Gasteiger partial charge is 0.493 e. The van der Waals surface area contributed by atoms with Crippen molar-refractivity contribution in [3.63, 3.8) is 0 Å². The molecule has 16 heavy (non-hydrogen) atoms. The Labute approximate surface area is 96.8 Å². The quantitative estimate of drug-likeness (QED) is 0.773. The monoisotopic (exact) mass is 218 g/mol. The predicted molar refractivity (Wildman–Crippen MR) is 64.1 cm³/mol. The van der Waals surface area contributed by atoms with Gasteiger partial charge in [0.1, 0.15) is 5.75 Å². The lowest BCUT2D eigenvalue weighted by atomic mass is 10.1. The van der Waals surface area contributed by atoms with Crippen LogP contribution in [0, 0.1) is 18.3 Å². The molecule has 3 heteroatoms. The molecule has 0 aliphatic heterocycles. The minimum Gasteiger partial charge on any atom is -0.493 e. The average Bonchev–Trinajstić information content (AvgIpc) is 2.26. The Bertz CT molecular complexity index is 380. The fraction of sp³-hybridized carbons (Fsp3) is 0.462. The Morgan fingerprint density at radius 3 is 2.81 bits per heavy atom. The third-order valence-electron chi connectivity index (χ3n) is 2.42. The molecule has 0 unspecified atom stereocenters. The van der Waals surface area contributed by atoms with Crippen LogP contribution >= 0.6 is 0 Å². The summed E-state index contributed by atoms with van der Waals surface area (Å²) in [6, 6.07) is 8.12. The van der Waals surface area contributed by atoms with E-state index in [2.05, 4.69) is 6.07 Å². The second kappa shape index (κ2) is 6.14. The Balaban J connectivity index is 2.58. The highest BCUT2D eigenvalue weighted by molar-refractivity contribution is 5.37. The molecule has 0 radical (unpaired) electrons. The van der Waals surface area contributed by atoms with Crippen LogP contribution in [0.2, 0.25) is 0 Å². The standard InChI is InChI=1S/C13H18N2O/c1-10-9-12(11(2)15)5-6-13(10)16-8-4-3-7-14/h5-6,9,11H,3-4,8,15H2,1-2H3/t11-/m0/s1. The van der Waals surface area contributed by atoms with E-state index in [4.69, 9.17) is 15.7 Å². The number of ether oxygens (including phenoxy) is 1. The SMILES string of the molecule is Cc1cc([C@H](C)N)ccc1OCCCC#N. The molecular formula is C13H18N2O. The first-order valence-electron chi connectivity index (χ1n) is 5.51. The maximum atomic E-state index is 8.40. The molecule has 0 saturated carbocycles. The van der Waals surface area contributed by atoms with Crippen LogP contribution < -0.4 is 10.5 Å². The highest BCUT2D eigenvalue weighted by atomic mass is 16.5. The van der Waals surface area contributed by atoms with Gasteiger partial charge in [0.05, 0.1) is 12.7 Å². The second-order valence-corrected chi connectivity index (χ2v) is 3.92. The second-order valence-electron chi connectivity index (χ2n) is 3.92. The minimum absolute atomic E-state index is 0.0475. The van der Waals surface area contributed by atoms with Crippen LogP contribution in [0.4, 0.5) is 0 Å². The number of benzene rings is 1. The van der Waals surface area contributed by atoms with Gasteiger partial charge in [-0.15, -0.1) is 0 Å². The highest BCUT2D eigenvalue weighted by Gasteiger charge is 2.03. The molecule has 0 fully saturated rings. The molecule has 0 saturated heterocycles. The van der Waals surface area contributed by atoms with Crippen molar-refractivity contribution in [3.05, 3.63) is 29.3 Å². The molecule has 1 aromatic rings. The summed E-state index contributed by atoms with van der Waals surface area (Å²) in [4.78, 5) is 0. The van der Waals surface area contributed by atoms with Crippen LogP contribution in [0.15, 0.2) is 18.2 Å². The Morgan fingerprint density at radius 1 is 1.50 bits per heavy atom. The topological polar surface area (TPSA) is 59.0 Å². The molecule has 1 atom stereocenters. The predicted octanol–water partition coefficient (Wildman–Crippen LogP) is 2.70. The lowest BCUT2D eigenvalue weighted by molar-refractivity contribution is 0.310. The zero-order chi connectivity index (χ0) is 12.0. The molecule has 86 valence electrons. The first-order valence-corrected chi connectivity index (χ1v) is 5.51. The molecule has 1 rings (SSSR count). The van der Waals surface area contributed by atoms with E-state index in [1.165, 1.54) is 0 Å². The first kappa shape index (κ1) is 12.5. The van der Waals surface area contributed by atoms with Crippen LogP contribution in [0.25, 0.3) is 0 Å². The van der Waals surface area contributed by atoms with Gasteiger partial charge in [0.25, 0.3) is 0 Å². The van der Waals surface area contributed by atoms with E-state index < -0.39 is 0 Å². The lowest BCUT2D eigenvalue weighted by Gasteiger charge is -2.11. The molecule has 2 N–H and O–H groups in total. The van der Waals surface area contributed by atoms with Gasteiger partial charge >= 0.3 is 0 Å². The van der Waals surface area contributed by atoms with Gasteiger partial charge in [0.15, 0.2) is 0 Å². The number of hydrogen-bond acceptors (Lipinski definition) is 3. The fourth-order valence-corrected chi connectivity index (χ4v) is 1.45. The van der Waals surface area contributed by atoms with Gasteiger partial charge in [-0.3, -0.25) is 0 Å². The summed E-state index contributed by atoms with van der Waals surface area (Å²) in [7, 11) is 0. The van der Waals surface area contributed by atoms with E-state index >= 15 is 0 Å². The fourth-order valence-electron chi connectivity index (χ4n) is 1.45. The van der Waals surface area contributed by atoms with Gasteiger partial charge in [-0.25, -0.2) is 0 Å². The van der Waals surface area contributed by atoms with E-state index in [9.17, 15) is 0 Å². The van der Waals surface area contributed by atoms with Crippen molar-refractivity contribution in [1.82, 2.24) is 0 Å². The Morgan fingerprint density at radius 2 is 2.25 bits per heavy atom. The van der Waals surface area contributed by atoms with Crippen molar-refractivity contribution in [2.24, 2.45) is 5.73 Å². The summed E-state index contributed by atoms with van der Waals surface area (Å²) in [6.07, 6.45) is 1.31. The molecule has 0 heterocycles. The van der Waals surface area contributed by atoms with E-state index in [-0.39, 0.29) is 6.04 Å². The zero-order valence-corrected chi connectivity index (χ0v) is 9.86. The van der Waals surface area contributed by atoms with Crippen molar-refractivity contribution in [1.29, 1.82) is 5.26 Å². The van der Waals surface area contributed by atoms with E-state index in [0.29, 0.717) is 13.0 Å². The van der Waals surface area contributed by atoms with Crippen molar-refractivity contribution in [2.45, 2.75) is 32.7 Å². The maximum absolute atomic E-state index is 8.40. The summed E-state index contributed by atoms with van der Waals surface area (Å²) < 4.78 is 5.58. The average molecular weight is 218 g/mol. The third kappa shape index (κ3) is 3.56. The summed E-state index contributed by atoms with van der Waals surface area (Å²) in [5, 5.41) is 8.40. The molecule has 0 aliphatic carbocycles. The molecule has 0 amide bonds. The number of nitrogens with zero attached hydrogens (tertiary/aromatic N) is 1. The zero-order valence-electron chi connectivity index (χ0n) is 9.86. The lowest BCUT2D eigenvalue weighted by Crippen LogP contribution is -2.06. The molecule has 1 aromatic carbocycles. The van der Waals surface area contributed by atoms with Gasteiger partial charge in [-0.05, 0) is 37.5 Å². The van der Waals surface area contributed by atoms with Crippen LogP contribution in [0.5, 0.6) is 5.75 Å². The number of aryl methyl sites for hydroxylation is 1. The van der Waals surface area contributed by atoms with Crippen LogP contribution in [0.1, 0.15) is 36.9 Å². The Hall–Kier alpha value is -1.53. The van der Waals surface area contributed by atoms with E-state index in [1.807, 2.05) is 32.0 Å². The maximum Gasteiger partial charge on any atom is 0.122 e. The molecular weight excluding hydrogens is 200 g/mol. The minimum atomic E-state index is 0.0475. The molecule has 0 bridgehead atoms. The summed E-state index contributed by atoms with van der Waals surface area (Å²) >= 11 is 0. The smallest absolute Gasteiger partial charge is 0.122 e. The number of unbranched alkanes of at least 4 members (excludes halogenated alkanes) is 1. The first-order chi connectivity index (χ1) is 7.65. The van der Waals surface area contributed by atoms with Gasteiger partial charge in [-0.2, -0.15) is 5.26 Å². The van der Waals surface area contributed by atoms with Crippen LogP contribution in [-0.4, -0.2) is 6.61 Å². The number of nitriles is 1. The van der Waals surface area contributed by atoms with E-state index in [1.54, 1.807) is 0 Å².